The van der Waals surface area contributed by atoms with Gasteiger partial charge in [0, 0.05) is 25.8 Å². The molecular formula is C19H24N2O2. The lowest BCUT2D eigenvalue weighted by Crippen LogP contribution is -2.40. The van der Waals surface area contributed by atoms with E-state index in [9.17, 15) is 4.79 Å². The molecule has 0 bridgehead atoms. The summed E-state index contributed by atoms with van der Waals surface area (Å²) >= 11 is 0. The molecule has 0 radical (unpaired) electrons. The molecule has 0 aliphatic heterocycles. The van der Waals surface area contributed by atoms with Crippen LogP contribution in [-0.2, 0) is 4.79 Å². The van der Waals surface area contributed by atoms with Gasteiger partial charge < -0.3 is 15.0 Å². The van der Waals surface area contributed by atoms with Crippen molar-refractivity contribution in [2.45, 2.75) is 20.0 Å². The first-order chi connectivity index (χ1) is 11.1. The highest BCUT2D eigenvalue weighted by Gasteiger charge is 2.14. The van der Waals surface area contributed by atoms with Crippen LogP contribution in [0.3, 0.4) is 0 Å². The van der Waals surface area contributed by atoms with Gasteiger partial charge in [0.15, 0.2) is 6.10 Å². The van der Waals surface area contributed by atoms with Crippen LogP contribution in [0.4, 0.5) is 5.69 Å². The predicted molar refractivity (Wildman–Crippen MR) is 94.0 cm³/mol. The predicted octanol–water partition coefficient (Wildman–Crippen LogP) is 3.01. The molecule has 0 fully saturated rings. The van der Waals surface area contributed by atoms with Crippen LogP contribution < -0.4 is 15.0 Å². The Morgan fingerprint density at radius 2 is 1.78 bits per heavy atom. The maximum atomic E-state index is 12.1. The van der Waals surface area contributed by atoms with E-state index in [1.54, 1.807) is 6.92 Å². The number of para-hydroxylation sites is 1. The van der Waals surface area contributed by atoms with E-state index in [0.29, 0.717) is 12.3 Å². The molecule has 2 aromatic carbocycles. The van der Waals surface area contributed by atoms with Crippen molar-refractivity contribution in [1.29, 1.82) is 0 Å². The Labute approximate surface area is 138 Å². The molecule has 0 saturated heterocycles. The van der Waals surface area contributed by atoms with Crippen molar-refractivity contribution in [3.8, 4) is 5.75 Å². The van der Waals surface area contributed by atoms with Crippen LogP contribution >= 0.6 is 0 Å². The number of ether oxygens (including phenoxy) is 1. The Kier molecular flexibility index (Phi) is 6.03. The summed E-state index contributed by atoms with van der Waals surface area (Å²) in [5.41, 5.74) is 2.30. The second kappa shape index (κ2) is 8.22. The van der Waals surface area contributed by atoms with Crippen molar-refractivity contribution in [3.05, 3.63) is 60.2 Å². The largest absolute Gasteiger partial charge is 0.481 e. The van der Waals surface area contributed by atoms with Gasteiger partial charge in [-0.05, 0) is 38.1 Å². The van der Waals surface area contributed by atoms with Gasteiger partial charge in [-0.25, -0.2) is 0 Å². The van der Waals surface area contributed by atoms with Crippen molar-refractivity contribution in [2.24, 2.45) is 0 Å². The number of hydrogen-bond acceptors (Lipinski definition) is 3. The fourth-order valence-electron chi connectivity index (χ4n) is 2.18. The molecule has 1 N–H and O–H groups in total. The number of hydrogen-bond donors (Lipinski definition) is 1. The van der Waals surface area contributed by atoms with Crippen LogP contribution in [0.2, 0.25) is 0 Å². The smallest absolute Gasteiger partial charge is 0.260 e. The van der Waals surface area contributed by atoms with Crippen LogP contribution in [0.1, 0.15) is 12.5 Å². The number of anilines is 1. The molecule has 4 heteroatoms. The monoisotopic (exact) mass is 312 g/mol. The first-order valence-electron chi connectivity index (χ1n) is 7.83. The molecular weight excluding hydrogens is 288 g/mol. The van der Waals surface area contributed by atoms with Crippen LogP contribution in [0.5, 0.6) is 5.75 Å². The van der Waals surface area contributed by atoms with E-state index >= 15 is 0 Å². The van der Waals surface area contributed by atoms with E-state index in [-0.39, 0.29) is 5.91 Å². The number of amides is 1. The van der Waals surface area contributed by atoms with E-state index in [1.165, 1.54) is 5.56 Å². The van der Waals surface area contributed by atoms with Gasteiger partial charge in [-0.15, -0.1) is 0 Å². The zero-order chi connectivity index (χ0) is 16.7. The highest BCUT2D eigenvalue weighted by Crippen LogP contribution is 2.13. The molecule has 0 aliphatic rings. The zero-order valence-corrected chi connectivity index (χ0v) is 14.0. The summed E-state index contributed by atoms with van der Waals surface area (Å²) in [6.07, 6.45) is -0.514. The summed E-state index contributed by atoms with van der Waals surface area (Å²) in [4.78, 5) is 14.2. The van der Waals surface area contributed by atoms with Crippen molar-refractivity contribution in [1.82, 2.24) is 5.32 Å². The average Bonchev–Trinajstić information content (AvgIpc) is 2.57. The normalized spacial score (nSPS) is 11.6. The molecule has 0 aliphatic carbocycles. The number of carbonyl (C=O) groups excluding carboxylic acids is 1. The molecule has 122 valence electrons. The SMILES string of the molecule is Cc1ccc(OC(C)C(=O)NCCN(C)c2ccccc2)cc1. The standard InChI is InChI=1S/C19H24N2O2/c1-15-9-11-18(12-10-15)23-16(2)19(22)20-13-14-21(3)17-7-5-4-6-8-17/h4-12,16H,13-14H2,1-3H3,(H,20,22). The van der Waals surface area contributed by atoms with Gasteiger partial charge in [-0.3, -0.25) is 4.79 Å². The molecule has 1 unspecified atom stereocenters. The second-order valence-electron chi connectivity index (χ2n) is 5.62. The summed E-state index contributed by atoms with van der Waals surface area (Å²) < 4.78 is 5.65. The van der Waals surface area contributed by atoms with Crippen LogP contribution in [0.15, 0.2) is 54.6 Å². The Morgan fingerprint density at radius 3 is 2.43 bits per heavy atom. The van der Waals surface area contributed by atoms with Crippen LogP contribution in [0, 0.1) is 6.92 Å². The Hall–Kier alpha value is -2.49. The summed E-state index contributed by atoms with van der Waals surface area (Å²) in [6, 6.07) is 17.8. The lowest BCUT2D eigenvalue weighted by molar-refractivity contribution is -0.127. The summed E-state index contributed by atoms with van der Waals surface area (Å²) in [7, 11) is 2.01. The van der Waals surface area contributed by atoms with E-state index < -0.39 is 6.10 Å². The maximum Gasteiger partial charge on any atom is 0.260 e. The lowest BCUT2D eigenvalue weighted by Gasteiger charge is -2.20. The van der Waals surface area contributed by atoms with Gasteiger partial charge >= 0.3 is 0 Å². The third-order valence-corrected chi connectivity index (χ3v) is 3.65. The summed E-state index contributed by atoms with van der Waals surface area (Å²) in [5, 5.41) is 2.91. The number of benzene rings is 2. The Balaban J connectivity index is 1.74. The van der Waals surface area contributed by atoms with Crippen molar-refractivity contribution < 1.29 is 9.53 Å². The minimum absolute atomic E-state index is 0.105. The number of likely N-dealkylation sites (N-methyl/N-ethyl adjacent to an activating group) is 1. The summed E-state index contributed by atoms with van der Waals surface area (Å²) in [5.74, 6) is 0.603. The summed E-state index contributed by atoms with van der Waals surface area (Å²) in [6.45, 7) is 5.10. The van der Waals surface area contributed by atoms with Crippen LogP contribution in [0.25, 0.3) is 0 Å². The third-order valence-electron chi connectivity index (χ3n) is 3.65. The second-order valence-corrected chi connectivity index (χ2v) is 5.62. The minimum atomic E-state index is -0.514. The van der Waals surface area contributed by atoms with Gasteiger partial charge in [0.2, 0.25) is 0 Å². The quantitative estimate of drug-likeness (QED) is 0.854. The van der Waals surface area contributed by atoms with Crippen molar-refractivity contribution in [3.63, 3.8) is 0 Å². The van der Waals surface area contributed by atoms with E-state index in [0.717, 1.165) is 12.2 Å². The number of aryl methyl sites for hydroxylation is 1. The first-order valence-corrected chi connectivity index (χ1v) is 7.83. The van der Waals surface area contributed by atoms with Gasteiger partial charge in [-0.1, -0.05) is 35.9 Å². The molecule has 0 saturated carbocycles. The van der Waals surface area contributed by atoms with Gasteiger partial charge in [0.05, 0.1) is 0 Å². The van der Waals surface area contributed by atoms with Gasteiger partial charge in [-0.2, -0.15) is 0 Å². The third kappa shape index (κ3) is 5.33. The van der Waals surface area contributed by atoms with Crippen molar-refractivity contribution >= 4 is 11.6 Å². The number of carbonyl (C=O) groups is 1. The maximum absolute atomic E-state index is 12.1. The highest BCUT2D eigenvalue weighted by atomic mass is 16.5. The van der Waals surface area contributed by atoms with E-state index in [1.807, 2.05) is 68.6 Å². The fourth-order valence-corrected chi connectivity index (χ4v) is 2.18. The lowest BCUT2D eigenvalue weighted by atomic mass is 10.2. The Bertz CT molecular complexity index is 611. The molecule has 0 spiro atoms. The topological polar surface area (TPSA) is 41.6 Å². The highest BCUT2D eigenvalue weighted by molar-refractivity contribution is 5.80. The van der Waals surface area contributed by atoms with Gasteiger partial charge in [0.25, 0.3) is 5.91 Å². The molecule has 2 rings (SSSR count). The van der Waals surface area contributed by atoms with E-state index in [4.69, 9.17) is 4.74 Å². The fraction of sp³-hybridized carbons (Fsp3) is 0.316. The number of rotatable bonds is 7. The number of nitrogens with zero attached hydrogens (tertiary/aromatic N) is 1. The van der Waals surface area contributed by atoms with Gasteiger partial charge in [0.1, 0.15) is 5.75 Å². The molecule has 1 atom stereocenters. The molecule has 2 aromatic rings. The molecule has 23 heavy (non-hydrogen) atoms. The molecule has 1 amide bonds. The molecule has 0 heterocycles. The molecule has 0 aromatic heterocycles. The van der Waals surface area contributed by atoms with E-state index in [2.05, 4.69) is 10.2 Å². The first kappa shape index (κ1) is 16.9. The van der Waals surface area contributed by atoms with Crippen molar-refractivity contribution in [2.75, 3.05) is 25.0 Å². The Morgan fingerprint density at radius 1 is 1.13 bits per heavy atom. The number of nitrogens with one attached hydrogen (secondary N) is 1. The average molecular weight is 312 g/mol. The molecule has 4 nitrogen and oxygen atoms in total. The minimum Gasteiger partial charge on any atom is -0.481 e. The zero-order valence-electron chi connectivity index (χ0n) is 14.0. The van der Waals surface area contributed by atoms with Crippen LogP contribution in [-0.4, -0.2) is 32.1 Å².